The SMILES string of the molecule is CCOC(=O)[C@@H](CO)NCc1cnc(C(=O)Cc2cccc(-c3cccc(NC(=O)c4cc(C5CC5)c(C(OC)OC)cn4)c3C)c2C)cc1C1CC1. The molecule has 0 unspecified atom stereocenters. The lowest BCUT2D eigenvalue weighted by atomic mass is 9.90. The smallest absolute Gasteiger partial charge is 0.325 e. The zero-order valence-electron chi connectivity index (χ0n) is 31.0. The van der Waals surface area contributed by atoms with Crippen LogP contribution < -0.4 is 10.6 Å². The maximum atomic E-state index is 13.7. The van der Waals surface area contributed by atoms with Gasteiger partial charge < -0.3 is 24.6 Å². The number of benzene rings is 2. The number of nitrogens with zero attached hydrogens (tertiary/aromatic N) is 2. The molecule has 2 aromatic carbocycles. The number of aliphatic hydroxyl groups is 1. The van der Waals surface area contributed by atoms with Gasteiger partial charge in [-0.2, -0.15) is 0 Å². The van der Waals surface area contributed by atoms with Crippen molar-refractivity contribution in [3.63, 3.8) is 0 Å². The molecule has 4 aromatic rings. The predicted molar refractivity (Wildman–Crippen MR) is 201 cm³/mol. The molecule has 0 radical (unpaired) electrons. The van der Waals surface area contributed by atoms with Crippen LogP contribution in [0.5, 0.6) is 0 Å². The van der Waals surface area contributed by atoms with Gasteiger partial charge in [-0.25, -0.2) is 0 Å². The Morgan fingerprint density at radius 2 is 1.49 bits per heavy atom. The summed E-state index contributed by atoms with van der Waals surface area (Å²) >= 11 is 0. The molecule has 0 spiro atoms. The molecule has 2 aliphatic carbocycles. The van der Waals surface area contributed by atoms with Gasteiger partial charge in [-0.15, -0.1) is 0 Å². The number of ketones is 1. The predicted octanol–water partition coefficient (Wildman–Crippen LogP) is 6.50. The van der Waals surface area contributed by atoms with Gasteiger partial charge in [0.1, 0.15) is 17.4 Å². The molecule has 2 aromatic heterocycles. The number of Topliss-reactive ketones (excluding diaryl/α,β-unsaturated/α-hetero) is 1. The van der Waals surface area contributed by atoms with Crippen molar-refractivity contribution in [2.75, 3.05) is 32.8 Å². The van der Waals surface area contributed by atoms with E-state index < -0.39 is 18.3 Å². The van der Waals surface area contributed by atoms with Gasteiger partial charge in [-0.05, 0) is 121 Å². The van der Waals surface area contributed by atoms with Crippen LogP contribution in [0, 0.1) is 13.8 Å². The number of aliphatic hydroxyl groups excluding tert-OH is 1. The summed E-state index contributed by atoms with van der Waals surface area (Å²) in [4.78, 5) is 48.4. The van der Waals surface area contributed by atoms with Gasteiger partial charge in [-0.3, -0.25) is 29.7 Å². The Morgan fingerprint density at radius 1 is 0.849 bits per heavy atom. The van der Waals surface area contributed by atoms with Crippen molar-refractivity contribution in [2.24, 2.45) is 0 Å². The second-order valence-electron chi connectivity index (χ2n) is 13.8. The summed E-state index contributed by atoms with van der Waals surface area (Å²) < 4.78 is 16.0. The lowest BCUT2D eigenvalue weighted by Gasteiger charge is -2.18. The number of hydrogen-bond donors (Lipinski definition) is 3. The van der Waals surface area contributed by atoms with Crippen LogP contribution in [0.2, 0.25) is 0 Å². The molecule has 0 aliphatic heterocycles. The summed E-state index contributed by atoms with van der Waals surface area (Å²) in [5.41, 5.74) is 9.91. The normalized spacial score (nSPS) is 14.6. The van der Waals surface area contributed by atoms with E-state index in [0.29, 0.717) is 35.5 Å². The van der Waals surface area contributed by atoms with E-state index in [1.165, 1.54) is 0 Å². The maximum Gasteiger partial charge on any atom is 0.325 e. The molecule has 2 saturated carbocycles. The number of hydrogen-bond acceptors (Lipinski definition) is 10. The van der Waals surface area contributed by atoms with Crippen LogP contribution in [-0.2, 0) is 32.0 Å². The van der Waals surface area contributed by atoms with E-state index >= 15 is 0 Å². The van der Waals surface area contributed by atoms with Gasteiger partial charge >= 0.3 is 5.97 Å². The van der Waals surface area contributed by atoms with E-state index in [-0.39, 0.29) is 31.3 Å². The van der Waals surface area contributed by atoms with E-state index in [1.54, 1.807) is 33.5 Å². The third kappa shape index (κ3) is 8.71. The monoisotopic (exact) mass is 720 g/mol. The van der Waals surface area contributed by atoms with E-state index in [1.807, 2.05) is 62.4 Å². The highest BCUT2D eigenvalue weighted by Gasteiger charge is 2.31. The standard InChI is InChI=1S/C42H48N4O7/c1-6-53-41(50)38(23-47)44-21-29-20-43-36(18-32(29)26-13-14-26)39(48)17-28-9-7-10-30(24(28)2)31-11-8-12-35(25(31)3)46-40(49)37-19-33(27-15-16-27)34(22-45-37)42(51-4)52-5/h7-12,18-20,22,26-27,38,42,44,47H,6,13-17,21,23H2,1-5H3,(H,46,49)/t38-/m1/s1. The lowest BCUT2D eigenvalue weighted by molar-refractivity contribution is -0.146. The van der Waals surface area contributed by atoms with Gasteiger partial charge in [0.2, 0.25) is 0 Å². The number of methoxy groups -OCH3 is 2. The third-order valence-corrected chi connectivity index (χ3v) is 10.2. The molecule has 3 N–H and O–H groups in total. The molecule has 278 valence electrons. The van der Waals surface area contributed by atoms with E-state index in [0.717, 1.165) is 75.8 Å². The van der Waals surface area contributed by atoms with Crippen molar-refractivity contribution in [3.8, 4) is 11.1 Å². The van der Waals surface area contributed by atoms with Crippen molar-refractivity contribution in [1.29, 1.82) is 0 Å². The van der Waals surface area contributed by atoms with Gasteiger partial charge in [0.15, 0.2) is 12.1 Å². The number of ether oxygens (including phenoxy) is 3. The molecule has 6 rings (SSSR count). The fraction of sp³-hybridized carbons (Fsp3) is 0.405. The average Bonchev–Trinajstić information content (AvgIpc) is 4.09. The van der Waals surface area contributed by atoms with Gasteiger partial charge in [0.25, 0.3) is 5.91 Å². The molecule has 2 aliphatic rings. The molecule has 2 fully saturated rings. The van der Waals surface area contributed by atoms with Crippen LogP contribution in [-0.4, -0.2) is 66.2 Å². The summed E-state index contributed by atoms with van der Waals surface area (Å²) in [6.07, 6.45) is 7.17. The highest BCUT2D eigenvalue weighted by atomic mass is 16.7. The number of carbonyl (C=O) groups is 3. The topological polar surface area (TPSA) is 149 Å². The van der Waals surface area contributed by atoms with Gasteiger partial charge in [-0.1, -0.05) is 30.3 Å². The molecule has 0 saturated heterocycles. The highest BCUT2D eigenvalue weighted by Crippen LogP contribution is 2.44. The van der Waals surface area contributed by atoms with Gasteiger partial charge in [0, 0.05) is 50.8 Å². The molecule has 11 nitrogen and oxygen atoms in total. The fourth-order valence-corrected chi connectivity index (χ4v) is 6.85. The highest BCUT2D eigenvalue weighted by molar-refractivity contribution is 6.04. The van der Waals surface area contributed by atoms with E-state index in [9.17, 15) is 19.5 Å². The van der Waals surface area contributed by atoms with Crippen LogP contribution in [0.15, 0.2) is 60.9 Å². The number of esters is 1. The molecule has 11 heteroatoms. The molecule has 0 bridgehead atoms. The van der Waals surface area contributed by atoms with Crippen molar-refractivity contribution in [3.05, 3.63) is 111 Å². The Hall–Kier alpha value is -4.81. The van der Waals surface area contributed by atoms with E-state index in [2.05, 4.69) is 20.6 Å². The molecular weight excluding hydrogens is 672 g/mol. The molecule has 1 atom stereocenters. The Bertz CT molecular complexity index is 1980. The summed E-state index contributed by atoms with van der Waals surface area (Å²) in [5.74, 6) is -0.186. The van der Waals surface area contributed by atoms with Crippen LogP contribution >= 0.6 is 0 Å². The minimum absolute atomic E-state index is 0.0874. The second kappa shape index (κ2) is 16.9. The number of pyridine rings is 2. The molecule has 2 heterocycles. The second-order valence-corrected chi connectivity index (χ2v) is 13.8. The summed E-state index contributed by atoms with van der Waals surface area (Å²) in [5, 5.41) is 15.8. The number of nitrogens with one attached hydrogen (secondary N) is 2. The summed E-state index contributed by atoms with van der Waals surface area (Å²) in [7, 11) is 3.17. The Labute approximate surface area is 310 Å². The van der Waals surface area contributed by atoms with E-state index in [4.69, 9.17) is 14.2 Å². The zero-order valence-corrected chi connectivity index (χ0v) is 31.0. The zero-order chi connectivity index (χ0) is 37.6. The summed E-state index contributed by atoms with van der Waals surface area (Å²) in [6.45, 7) is 5.89. The first-order chi connectivity index (χ1) is 25.7. The summed E-state index contributed by atoms with van der Waals surface area (Å²) in [6, 6.07) is 14.7. The van der Waals surface area contributed by atoms with Crippen molar-refractivity contribution in [2.45, 2.75) is 83.6 Å². The first-order valence-corrected chi connectivity index (χ1v) is 18.2. The molecule has 53 heavy (non-hydrogen) atoms. The van der Waals surface area contributed by atoms with Crippen molar-refractivity contribution in [1.82, 2.24) is 15.3 Å². The Kier molecular flexibility index (Phi) is 12.1. The Balaban J connectivity index is 1.18. The largest absolute Gasteiger partial charge is 0.465 e. The first-order valence-electron chi connectivity index (χ1n) is 18.2. The average molecular weight is 721 g/mol. The number of amides is 1. The quantitative estimate of drug-likeness (QED) is 0.0627. The number of rotatable bonds is 17. The maximum absolute atomic E-state index is 13.7. The number of aromatic nitrogens is 2. The lowest BCUT2D eigenvalue weighted by Crippen LogP contribution is -2.40. The van der Waals surface area contributed by atoms with Crippen LogP contribution in [0.4, 0.5) is 5.69 Å². The van der Waals surface area contributed by atoms with Crippen LogP contribution in [0.3, 0.4) is 0 Å². The molecule has 1 amide bonds. The minimum Gasteiger partial charge on any atom is -0.465 e. The number of carbonyl (C=O) groups excluding carboxylic acids is 3. The van der Waals surface area contributed by atoms with Crippen LogP contribution in [0.25, 0.3) is 11.1 Å². The van der Waals surface area contributed by atoms with Crippen LogP contribution in [0.1, 0.15) is 111 Å². The molecular formula is C42H48N4O7. The third-order valence-electron chi connectivity index (χ3n) is 10.2. The number of anilines is 1. The van der Waals surface area contributed by atoms with Crippen molar-refractivity contribution >= 4 is 23.3 Å². The first kappa shape index (κ1) is 37.9. The Morgan fingerprint density at radius 3 is 2.15 bits per heavy atom. The van der Waals surface area contributed by atoms with Crippen molar-refractivity contribution < 1.29 is 33.7 Å². The van der Waals surface area contributed by atoms with Gasteiger partial charge in [0.05, 0.1) is 13.2 Å². The fourth-order valence-electron chi connectivity index (χ4n) is 6.85. The minimum atomic E-state index is -0.834.